The SMILES string of the molecule is CCOc1ccc(S(=O)(=O)c2nc(-c3ccccc3OC)oc2N2CCCCC2)cc1. The normalized spacial score (nSPS) is 14.5. The van der Waals surface area contributed by atoms with Crippen LogP contribution < -0.4 is 14.4 Å². The highest BCUT2D eigenvalue weighted by Crippen LogP contribution is 2.38. The fourth-order valence-corrected chi connectivity index (χ4v) is 5.02. The molecule has 0 aliphatic carbocycles. The molecule has 1 aliphatic rings. The lowest BCUT2D eigenvalue weighted by Gasteiger charge is -2.26. The first kappa shape index (κ1) is 21.2. The van der Waals surface area contributed by atoms with Crippen LogP contribution in [0.25, 0.3) is 11.5 Å². The summed E-state index contributed by atoms with van der Waals surface area (Å²) in [6, 6.07) is 13.7. The highest BCUT2D eigenvalue weighted by atomic mass is 32.2. The van der Waals surface area contributed by atoms with Crippen LogP contribution in [-0.4, -0.2) is 40.2 Å². The summed E-state index contributed by atoms with van der Waals surface area (Å²) in [5.41, 5.74) is 0.608. The van der Waals surface area contributed by atoms with Crippen LogP contribution in [0.3, 0.4) is 0 Å². The second-order valence-electron chi connectivity index (χ2n) is 7.29. The van der Waals surface area contributed by atoms with Crippen LogP contribution in [0.4, 0.5) is 5.88 Å². The number of piperidine rings is 1. The van der Waals surface area contributed by atoms with Gasteiger partial charge in [-0.05, 0) is 62.6 Å². The number of para-hydroxylation sites is 1. The van der Waals surface area contributed by atoms with E-state index in [9.17, 15) is 8.42 Å². The van der Waals surface area contributed by atoms with Gasteiger partial charge in [0.05, 0.1) is 24.2 Å². The van der Waals surface area contributed by atoms with Crippen LogP contribution in [-0.2, 0) is 9.84 Å². The van der Waals surface area contributed by atoms with Crippen molar-refractivity contribution in [2.45, 2.75) is 36.1 Å². The predicted octanol–water partition coefficient (Wildman–Crippen LogP) is 4.57. The Bertz CT molecular complexity index is 1130. The molecule has 4 rings (SSSR count). The van der Waals surface area contributed by atoms with E-state index >= 15 is 0 Å². The van der Waals surface area contributed by atoms with Gasteiger partial charge in [0.15, 0.2) is 0 Å². The molecule has 1 aliphatic heterocycles. The van der Waals surface area contributed by atoms with Crippen LogP contribution >= 0.6 is 0 Å². The number of hydrogen-bond donors (Lipinski definition) is 0. The molecule has 8 heteroatoms. The Balaban J connectivity index is 1.82. The topological polar surface area (TPSA) is 81.9 Å². The van der Waals surface area contributed by atoms with Gasteiger partial charge in [-0.3, -0.25) is 0 Å². The number of ether oxygens (including phenoxy) is 2. The van der Waals surface area contributed by atoms with Gasteiger partial charge in [0.2, 0.25) is 26.6 Å². The van der Waals surface area contributed by atoms with E-state index < -0.39 is 9.84 Å². The maximum absolute atomic E-state index is 13.5. The summed E-state index contributed by atoms with van der Waals surface area (Å²) in [6.45, 7) is 3.85. The third-order valence-corrected chi connectivity index (χ3v) is 6.93. The maximum atomic E-state index is 13.5. The number of anilines is 1. The van der Waals surface area contributed by atoms with Crippen molar-refractivity contribution in [3.05, 3.63) is 48.5 Å². The number of benzene rings is 2. The van der Waals surface area contributed by atoms with Crippen molar-refractivity contribution in [3.8, 4) is 23.0 Å². The molecule has 0 amide bonds. The molecule has 0 radical (unpaired) electrons. The molecule has 164 valence electrons. The van der Waals surface area contributed by atoms with Crippen molar-refractivity contribution >= 4 is 15.7 Å². The van der Waals surface area contributed by atoms with Crippen LogP contribution in [0.5, 0.6) is 11.5 Å². The van der Waals surface area contributed by atoms with Gasteiger partial charge >= 0.3 is 0 Å². The number of aromatic nitrogens is 1. The molecular weight excluding hydrogens is 416 g/mol. The summed E-state index contributed by atoms with van der Waals surface area (Å²) in [5, 5.41) is -0.0699. The van der Waals surface area contributed by atoms with Gasteiger partial charge in [-0.2, -0.15) is 4.98 Å². The second-order valence-corrected chi connectivity index (χ2v) is 9.15. The Morgan fingerprint density at radius 3 is 2.42 bits per heavy atom. The molecule has 1 saturated heterocycles. The summed E-state index contributed by atoms with van der Waals surface area (Å²) in [6.07, 6.45) is 3.07. The average Bonchev–Trinajstić information content (AvgIpc) is 3.26. The number of hydrogen-bond acceptors (Lipinski definition) is 7. The lowest BCUT2D eigenvalue weighted by atomic mass is 10.1. The number of sulfone groups is 1. The summed E-state index contributed by atoms with van der Waals surface area (Å²) >= 11 is 0. The Kier molecular flexibility index (Phi) is 6.18. The molecule has 2 heterocycles. The van der Waals surface area contributed by atoms with Gasteiger partial charge < -0.3 is 18.8 Å². The quantitative estimate of drug-likeness (QED) is 0.530. The van der Waals surface area contributed by atoms with E-state index in [-0.39, 0.29) is 21.7 Å². The first-order valence-electron chi connectivity index (χ1n) is 10.4. The van der Waals surface area contributed by atoms with Crippen molar-refractivity contribution in [2.24, 2.45) is 0 Å². The van der Waals surface area contributed by atoms with Crippen LogP contribution in [0.15, 0.2) is 62.9 Å². The minimum absolute atomic E-state index is 0.0699. The number of rotatable bonds is 7. The van der Waals surface area contributed by atoms with Gasteiger partial charge in [-0.15, -0.1) is 0 Å². The number of oxazole rings is 1. The molecule has 0 bridgehead atoms. The van der Waals surface area contributed by atoms with Crippen molar-refractivity contribution in [2.75, 3.05) is 31.7 Å². The standard InChI is InChI=1S/C23H26N2O5S/c1-3-29-17-11-13-18(14-12-17)31(26,27)22-23(25-15-7-4-8-16-25)30-21(24-22)19-9-5-6-10-20(19)28-2/h5-6,9-14H,3-4,7-8,15-16H2,1-2H3. The summed E-state index contributed by atoms with van der Waals surface area (Å²) in [7, 11) is -2.34. The lowest BCUT2D eigenvalue weighted by Crippen LogP contribution is -2.30. The van der Waals surface area contributed by atoms with Gasteiger partial charge in [0, 0.05) is 13.1 Å². The molecule has 31 heavy (non-hydrogen) atoms. The van der Waals surface area contributed by atoms with Gasteiger partial charge in [0.1, 0.15) is 11.5 Å². The summed E-state index contributed by atoms with van der Waals surface area (Å²) in [4.78, 5) is 6.58. The summed E-state index contributed by atoms with van der Waals surface area (Å²) < 4.78 is 44.0. The molecule has 1 fully saturated rings. The Hall–Kier alpha value is -3.00. The first-order chi connectivity index (χ1) is 15.0. The summed E-state index contributed by atoms with van der Waals surface area (Å²) in [5.74, 6) is 1.70. The zero-order chi connectivity index (χ0) is 21.8. The van der Waals surface area contributed by atoms with E-state index in [2.05, 4.69) is 4.98 Å². The molecule has 0 atom stereocenters. The van der Waals surface area contributed by atoms with Crippen LogP contribution in [0, 0.1) is 0 Å². The molecule has 0 N–H and O–H groups in total. The molecule has 1 aromatic heterocycles. The van der Waals surface area contributed by atoms with E-state index in [1.165, 1.54) is 12.1 Å². The van der Waals surface area contributed by atoms with Crippen molar-refractivity contribution in [1.82, 2.24) is 4.98 Å². The maximum Gasteiger partial charge on any atom is 0.236 e. The van der Waals surface area contributed by atoms with Crippen molar-refractivity contribution in [1.29, 1.82) is 0 Å². The van der Waals surface area contributed by atoms with Gasteiger partial charge in [-0.25, -0.2) is 8.42 Å². The zero-order valence-electron chi connectivity index (χ0n) is 17.7. The number of methoxy groups -OCH3 is 1. The largest absolute Gasteiger partial charge is 0.496 e. The van der Waals surface area contributed by atoms with Gasteiger partial charge in [0.25, 0.3) is 0 Å². The molecule has 7 nitrogen and oxygen atoms in total. The number of nitrogens with zero attached hydrogens (tertiary/aromatic N) is 2. The van der Waals surface area contributed by atoms with Crippen molar-refractivity contribution < 1.29 is 22.3 Å². The molecular formula is C23H26N2O5S. The minimum atomic E-state index is -3.90. The monoisotopic (exact) mass is 442 g/mol. The highest BCUT2D eigenvalue weighted by Gasteiger charge is 2.32. The Morgan fingerprint density at radius 1 is 1.03 bits per heavy atom. The van der Waals surface area contributed by atoms with Crippen LogP contribution in [0.1, 0.15) is 26.2 Å². The molecule has 0 spiro atoms. The Labute approximate surface area is 182 Å². The van der Waals surface area contributed by atoms with E-state index in [0.717, 1.165) is 32.4 Å². The van der Waals surface area contributed by atoms with Gasteiger partial charge in [-0.1, -0.05) is 12.1 Å². The average molecular weight is 443 g/mol. The third-order valence-electron chi connectivity index (χ3n) is 5.26. The fraction of sp³-hybridized carbons (Fsp3) is 0.348. The van der Waals surface area contributed by atoms with E-state index in [1.807, 2.05) is 24.0 Å². The highest BCUT2D eigenvalue weighted by molar-refractivity contribution is 7.91. The second kappa shape index (κ2) is 9.01. The predicted molar refractivity (Wildman–Crippen MR) is 118 cm³/mol. The smallest absolute Gasteiger partial charge is 0.236 e. The minimum Gasteiger partial charge on any atom is -0.496 e. The molecule has 0 unspecified atom stereocenters. The first-order valence-corrected chi connectivity index (χ1v) is 11.9. The molecule has 2 aromatic carbocycles. The molecule has 0 saturated carbocycles. The molecule has 3 aromatic rings. The van der Waals surface area contributed by atoms with Crippen LogP contribution in [0.2, 0.25) is 0 Å². The van der Waals surface area contributed by atoms with E-state index in [4.69, 9.17) is 13.9 Å². The van der Waals surface area contributed by atoms with E-state index in [0.29, 0.717) is 23.7 Å². The van der Waals surface area contributed by atoms with E-state index in [1.54, 1.807) is 31.4 Å². The lowest BCUT2D eigenvalue weighted by molar-refractivity contribution is 0.340. The fourth-order valence-electron chi connectivity index (χ4n) is 3.70. The van der Waals surface area contributed by atoms with Crippen molar-refractivity contribution in [3.63, 3.8) is 0 Å². The zero-order valence-corrected chi connectivity index (χ0v) is 18.5. The Morgan fingerprint density at radius 2 is 1.74 bits per heavy atom. The third kappa shape index (κ3) is 4.25.